The van der Waals surface area contributed by atoms with Crippen LogP contribution in [0.15, 0.2) is 28.7 Å². The molecule has 0 saturated heterocycles. The highest BCUT2D eigenvalue weighted by atomic mass is 79.9. The average molecular weight is 342 g/mol. The van der Waals surface area contributed by atoms with Gasteiger partial charge in [0, 0.05) is 42.9 Å². The third-order valence-electron chi connectivity index (χ3n) is 3.10. The second-order valence-electron chi connectivity index (χ2n) is 5.90. The Morgan fingerprint density at radius 3 is 2.40 bits per heavy atom. The highest BCUT2D eigenvalue weighted by molar-refractivity contribution is 9.10. The summed E-state index contributed by atoms with van der Waals surface area (Å²) in [4.78, 5) is 4.78. The molecule has 0 bridgehead atoms. The van der Waals surface area contributed by atoms with E-state index in [1.54, 1.807) is 0 Å². The maximum Gasteiger partial charge on any atom is 0.0485 e. The molecule has 114 valence electrons. The molecule has 1 aromatic rings. The molecule has 0 unspecified atom stereocenters. The van der Waals surface area contributed by atoms with Crippen LogP contribution in [0.2, 0.25) is 0 Å². The quantitative estimate of drug-likeness (QED) is 0.742. The van der Waals surface area contributed by atoms with Crippen molar-refractivity contribution in [2.45, 2.75) is 13.8 Å². The van der Waals surface area contributed by atoms with Crippen molar-refractivity contribution in [3.8, 4) is 0 Å². The van der Waals surface area contributed by atoms with Gasteiger partial charge in [-0.15, -0.1) is 0 Å². The molecular weight excluding hydrogens is 314 g/mol. The lowest BCUT2D eigenvalue weighted by Gasteiger charge is -2.26. The van der Waals surface area contributed by atoms with Crippen LogP contribution in [0.25, 0.3) is 0 Å². The van der Waals surface area contributed by atoms with E-state index in [9.17, 15) is 0 Å². The number of nitrogens with one attached hydrogen (secondary N) is 1. The van der Waals surface area contributed by atoms with Crippen LogP contribution in [0, 0.1) is 5.92 Å². The van der Waals surface area contributed by atoms with Crippen LogP contribution < -0.4 is 5.32 Å². The fourth-order valence-corrected chi connectivity index (χ4v) is 2.53. The molecule has 0 aliphatic heterocycles. The highest BCUT2D eigenvalue weighted by Gasteiger charge is 2.07. The van der Waals surface area contributed by atoms with E-state index in [0.29, 0.717) is 5.92 Å². The summed E-state index contributed by atoms with van der Waals surface area (Å²) in [6, 6.07) is 8.28. The van der Waals surface area contributed by atoms with Gasteiger partial charge < -0.3 is 15.1 Å². The van der Waals surface area contributed by atoms with Gasteiger partial charge in [-0.05, 0) is 48.1 Å². The van der Waals surface area contributed by atoms with Gasteiger partial charge in [0.1, 0.15) is 0 Å². The zero-order valence-electron chi connectivity index (χ0n) is 13.2. The summed E-state index contributed by atoms with van der Waals surface area (Å²) in [5.74, 6) is 0.709. The van der Waals surface area contributed by atoms with Crippen LogP contribution in [0.5, 0.6) is 0 Å². The first-order valence-corrected chi connectivity index (χ1v) is 8.14. The van der Waals surface area contributed by atoms with E-state index in [1.165, 1.54) is 5.69 Å². The summed E-state index contributed by atoms with van der Waals surface area (Å²) in [5, 5.41) is 3.50. The molecule has 1 rings (SSSR count). The number of likely N-dealkylation sites (N-methyl/N-ethyl adjacent to an activating group) is 1. The molecule has 3 nitrogen and oxygen atoms in total. The lowest BCUT2D eigenvalue weighted by Crippen LogP contribution is -2.37. The second-order valence-corrected chi connectivity index (χ2v) is 6.76. The number of hydrogen-bond donors (Lipinski definition) is 1. The molecule has 20 heavy (non-hydrogen) atoms. The highest BCUT2D eigenvalue weighted by Crippen LogP contribution is 2.20. The number of hydrogen-bond acceptors (Lipinski definition) is 3. The number of halogens is 1. The van der Waals surface area contributed by atoms with E-state index in [2.05, 4.69) is 77.2 Å². The topological polar surface area (TPSA) is 18.5 Å². The van der Waals surface area contributed by atoms with Gasteiger partial charge in [0.15, 0.2) is 0 Å². The van der Waals surface area contributed by atoms with Crippen LogP contribution >= 0.6 is 15.9 Å². The summed E-state index contributed by atoms with van der Waals surface area (Å²) >= 11 is 3.57. The summed E-state index contributed by atoms with van der Waals surface area (Å²) in [6.07, 6.45) is 0. The molecule has 0 radical (unpaired) electrons. The fraction of sp³-hybridized carbons (Fsp3) is 0.625. The summed E-state index contributed by atoms with van der Waals surface area (Å²) in [6.45, 7) is 10.0. The molecule has 1 aromatic carbocycles. The molecule has 1 N–H and O–H groups in total. The molecule has 0 aromatic heterocycles. The van der Waals surface area contributed by atoms with Crippen molar-refractivity contribution in [2.75, 3.05) is 52.1 Å². The maximum atomic E-state index is 3.57. The van der Waals surface area contributed by atoms with E-state index < -0.39 is 0 Å². The van der Waals surface area contributed by atoms with Crippen molar-refractivity contribution < 1.29 is 0 Å². The number of para-hydroxylation sites is 1. The van der Waals surface area contributed by atoms with Crippen molar-refractivity contribution in [1.82, 2.24) is 9.80 Å². The van der Waals surface area contributed by atoms with Gasteiger partial charge in [-0.2, -0.15) is 0 Å². The number of nitrogens with zero attached hydrogens (tertiary/aromatic N) is 2. The number of benzene rings is 1. The first kappa shape index (κ1) is 17.5. The third kappa shape index (κ3) is 7.27. The Bertz CT molecular complexity index is 380. The molecule has 0 fully saturated rings. The maximum absolute atomic E-state index is 3.57. The van der Waals surface area contributed by atoms with Gasteiger partial charge in [-0.3, -0.25) is 0 Å². The van der Waals surface area contributed by atoms with Gasteiger partial charge in [0.05, 0.1) is 0 Å². The van der Waals surface area contributed by atoms with Gasteiger partial charge in [-0.1, -0.05) is 26.0 Å². The van der Waals surface area contributed by atoms with Gasteiger partial charge in [-0.25, -0.2) is 0 Å². The predicted octanol–water partition coefficient (Wildman–Crippen LogP) is 3.38. The average Bonchev–Trinajstić information content (AvgIpc) is 2.37. The smallest absolute Gasteiger partial charge is 0.0485 e. The monoisotopic (exact) mass is 341 g/mol. The largest absolute Gasteiger partial charge is 0.383 e. The van der Waals surface area contributed by atoms with E-state index >= 15 is 0 Å². The lowest BCUT2D eigenvalue weighted by atomic mass is 10.2. The van der Waals surface area contributed by atoms with Crippen molar-refractivity contribution in [1.29, 1.82) is 0 Å². The predicted molar refractivity (Wildman–Crippen MR) is 92.5 cm³/mol. The summed E-state index contributed by atoms with van der Waals surface area (Å²) < 4.78 is 1.13. The molecule has 4 heteroatoms. The first-order valence-electron chi connectivity index (χ1n) is 7.34. The Hall–Kier alpha value is -0.580. The van der Waals surface area contributed by atoms with Gasteiger partial charge >= 0.3 is 0 Å². The zero-order chi connectivity index (χ0) is 15.0. The molecule has 0 amide bonds. The van der Waals surface area contributed by atoms with Crippen LogP contribution in [0.3, 0.4) is 0 Å². The van der Waals surface area contributed by atoms with Crippen molar-refractivity contribution in [3.05, 3.63) is 28.7 Å². The van der Waals surface area contributed by atoms with Crippen molar-refractivity contribution in [3.63, 3.8) is 0 Å². The standard InChI is InChI=1S/C16H28BrN3/c1-14(2)13-20(12-11-19(3)4)10-9-18-16-8-6-5-7-15(16)17/h5-8,14,18H,9-13H2,1-4H3. The lowest BCUT2D eigenvalue weighted by molar-refractivity contribution is 0.226. The SMILES string of the molecule is CC(C)CN(CCNc1ccccc1Br)CCN(C)C. The van der Waals surface area contributed by atoms with Gasteiger partial charge in [0.2, 0.25) is 0 Å². The number of rotatable bonds is 9. The number of anilines is 1. The zero-order valence-corrected chi connectivity index (χ0v) is 14.8. The molecule has 0 saturated carbocycles. The molecule has 0 spiro atoms. The Morgan fingerprint density at radius 1 is 1.10 bits per heavy atom. The molecule has 0 heterocycles. The fourth-order valence-electron chi connectivity index (χ4n) is 2.11. The first-order chi connectivity index (χ1) is 9.49. The second kappa shape index (κ2) is 9.37. The molecule has 0 aliphatic carbocycles. The minimum atomic E-state index is 0.709. The van der Waals surface area contributed by atoms with Crippen LogP contribution in [-0.4, -0.2) is 56.6 Å². The Balaban J connectivity index is 2.39. The van der Waals surface area contributed by atoms with Crippen molar-refractivity contribution in [2.24, 2.45) is 5.92 Å². The van der Waals surface area contributed by atoms with E-state index in [4.69, 9.17) is 0 Å². The summed E-state index contributed by atoms with van der Waals surface area (Å²) in [7, 11) is 4.26. The van der Waals surface area contributed by atoms with Crippen LogP contribution in [-0.2, 0) is 0 Å². The Labute approximate surface area is 132 Å². The van der Waals surface area contributed by atoms with Crippen molar-refractivity contribution >= 4 is 21.6 Å². The van der Waals surface area contributed by atoms with E-state index in [1.807, 2.05) is 6.07 Å². The van der Waals surface area contributed by atoms with Crippen LogP contribution in [0.4, 0.5) is 5.69 Å². The molecule has 0 atom stereocenters. The van der Waals surface area contributed by atoms with Gasteiger partial charge in [0.25, 0.3) is 0 Å². The van der Waals surface area contributed by atoms with Crippen LogP contribution in [0.1, 0.15) is 13.8 Å². The Kier molecular flexibility index (Phi) is 8.19. The third-order valence-corrected chi connectivity index (χ3v) is 3.80. The summed E-state index contributed by atoms with van der Waals surface area (Å²) in [5.41, 5.74) is 1.17. The molecule has 0 aliphatic rings. The minimum absolute atomic E-state index is 0.709. The normalized spacial score (nSPS) is 11.6. The molecular formula is C16H28BrN3. The van der Waals surface area contributed by atoms with E-state index in [-0.39, 0.29) is 0 Å². The Morgan fingerprint density at radius 2 is 1.80 bits per heavy atom. The van der Waals surface area contributed by atoms with E-state index in [0.717, 1.165) is 37.2 Å². The minimum Gasteiger partial charge on any atom is -0.383 e.